The third-order valence-corrected chi connectivity index (χ3v) is 6.37. The zero-order chi connectivity index (χ0) is 19.4. The second-order valence-corrected chi connectivity index (χ2v) is 10.0. The maximum absolute atomic E-state index is 14.4. The van der Waals surface area contributed by atoms with E-state index < -0.39 is 17.4 Å². The van der Waals surface area contributed by atoms with Crippen molar-refractivity contribution in [1.29, 1.82) is 0 Å². The molecule has 1 aromatic carbocycles. The molecule has 0 atom stereocenters. The van der Waals surface area contributed by atoms with Gasteiger partial charge in [-0.25, -0.2) is 9.18 Å². The lowest BCUT2D eigenvalue weighted by molar-refractivity contribution is -0.0748. The molecule has 4 saturated carbocycles. The predicted octanol–water partition coefficient (Wildman–Crippen LogP) is 5.08. The van der Waals surface area contributed by atoms with Gasteiger partial charge in [-0.1, -0.05) is 0 Å². The van der Waals surface area contributed by atoms with Gasteiger partial charge in [-0.05, 0) is 77.0 Å². The molecule has 148 valence electrons. The number of rotatable bonds is 4. The number of benzene rings is 1. The summed E-state index contributed by atoms with van der Waals surface area (Å²) in [5.41, 5.74) is -0.835. The Morgan fingerprint density at radius 1 is 1.15 bits per heavy atom. The van der Waals surface area contributed by atoms with Crippen molar-refractivity contribution in [1.82, 2.24) is 0 Å². The summed E-state index contributed by atoms with van der Waals surface area (Å²) in [6.07, 6.45) is 7.59. The van der Waals surface area contributed by atoms with Crippen LogP contribution in [0.2, 0.25) is 0 Å². The van der Waals surface area contributed by atoms with Crippen LogP contribution in [0.1, 0.15) is 69.7 Å². The summed E-state index contributed by atoms with van der Waals surface area (Å²) >= 11 is 0. The fraction of sp³-hybridized carbons (Fsp3) is 0.682. The molecule has 4 aliphatic carbocycles. The summed E-state index contributed by atoms with van der Waals surface area (Å²) in [5, 5.41) is 10.3. The monoisotopic (exact) mass is 376 g/mol. The van der Waals surface area contributed by atoms with Crippen LogP contribution in [0.25, 0.3) is 0 Å². The molecule has 0 amide bonds. The lowest BCUT2D eigenvalue weighted by Crippen LogP contribution is -2.48. The van der Waals surface area contributed by atoms with E-state index in [0.717, 1.165) is 29.9 Å². The molecular weight excluding hydrogens is 347 g/mol. The number of esters is 1. The molecule has 4 bridgehead atoms. The van der Waals surface area contributed by atoms with E-state index in [1.165, 1.54) is 38.5 Å². The van der Waals surface area contributed by atoms with Gasteiger partial charge in [-0.15, -0.1) is 0 Å². The Morgan fingerprint density at radius 2 is 1.70 bits per heavy atom. The van der Waals surface area contributed by atoms with Crippen molar-refractivity contribution in [3.05, 3.63) is 23.5 Å². The van der Waals surface area contributed by atoms with Crippen LogP contribution in [0.3, 0.4) is 0 Å². The standard InChI is InChI=1S/C22H29FO4/c1-21(2,3)27-20(25)16-7-18(24)19(8-17(16)23)26-12-22-9-13-4-14(10-22)6-15(5-13)11-22/h7-8,13-15,24H,4-6,9-12H2,1-3H3. The quantitative estimate of drug-likeness (QED) is 0.745. The van der Waals surface area contributed by atoms with E-state index in [9.17, 15) is 14.3 Å². The van der Waals surface area contributed by atoms with Crippen LogP contribution < -0.4 is 4.74 Å². The van der Waals surface area contributed by atoms with Crippen LogP contribution in [-0.4, -0.2) is 23.3 Å². The smallest absolute Gasteiger partial charge is 0.341 e. The number of phenols is 1. The molecule has 0 saturated heterocycles. The first-order valence-corrected chi connectivity index (χ1v) is 10.0. The van der Waals surface area contributed by atoms with E-state index in [1.54, 1.807) is 20.8 Å². The van der Waals surface area contributed by atoms with Crippen molar-refractivity contribution < 1.29 is 23.8 Å². The van der Waals surface area contributed by atoms with Crippen molar-refractivity contribution in [2.45, 2.75) is 64.9 Å². The van der Waals surface area contributed by atoms with Gasteiger partial charge in [0, 0.05) is 17.5 Å². The molecule has 4 nitrogen and oxygen atoms in total. The van der Waals surface area contributed by atoms with Crippen LogP contribution in [0.15, 0.2) is 12.1 Å². The zero-order valence-corrected chi connectivity index (χ0v) is 16.4. The van der Waals surface area contributed by atoms with Crippen molar-refractivity contribution in [2.24, 2.45) is 23.2 Å². The fourth-order valence-electron chi connectivity index (χ4n) is 5.85. The molecule has 0 radical (unpaired) electrons. The zero-order valence-electron chi connectivity index (χ0n) is 16.4. The molecule has 27 heavy (non-hydrogen) atoms. The van der Waals surface area contributed by atoms with Crippen molar-refractivity contribution in [2.75, 3.05) is 6.61 Å². The molecule has 4 aliphatic rings. The highest BCUT2D eigenvalue weighted by Gasteiger charge is 2.51. The Labute approximate surface area is 160 Å². The largest absolute Gasteiger partial charge is 0.504 e. The average Bonchev–Trinajstić information content (AvgIpc) is 2.52. The SMILES string of the molecule is CC(C)(C)OC(=O)c1cc(O)c(OCC23CC4CC(CC(C4)C2)C3)cc1F. The normalized spacial score (nSPS) is 31.8. The van der Waals surface area contributed by atoms with E-state index in [-0.39, 0.29) is 22.5 Å². The second-order valence-electron chi connectivity index (χ2n) is 10.0. The molecular formula is C22H29FO4. The minimum Gasteiger partial charge on any atom is -0.504 e. The number of carbonyl (C=O) groups is 1. The molecule has 0 aliphatic heterocycles. The Bertz CT molecular complexity index is 714. The van der Waals surface area contributed by atoms with Crippen LogP contribution in [0.4, 0.5) is 4.39 Å². The van der Waals surface area contributed by atoms with E-state index in [2.05, 4.69) is 0 Å². The number of ether oxygens (including phenoxy) is 2. The molecule has 5 heteroatoms. The third-order valence-electron chi connectivity index (χ3n) is 6.37. The summed E-state index contributed by atoms with van der Waals surface area (Å²) in [6, 6.07) is 2.22. The molecule has 0 heterocycles. The lowest BCUT2D eigenvalue weighted by Gasteiger charge is -2.56. The summed E-state index contributed by atoms with van der Waals surface area (Å²) < 4.78 is 25.5. The van der Waals surface area contributed by atoms with Gasteiger partial charge in [-0.2, -0.15) is 0 Å². The Hall–Kier alpha value is -1.78. The van der Waals surface area contributed by atoms with Crippen molar-refractivity contribution >= 4 is 5.97 Å². The minimum absolute atomic E-state index is 0.107. The first kappa shape index (κ1) is 18.6. The Morgan fingerprint density at radius 3 is 2.22 bits per heavy atom. The Kier molecular flexibility index (Phi) is 4.39. The molecule has 1 N–H and O–H groups in total. The summed E-state index contributed by atoms with van der Waals surface area (Å²) in [6.45, 7) is 5.65. The minimum atomic E-state index is -0.789. The maximum Gasteiger partial charge on any atom is 0.341 e. The van der Waals surface area contributed by atoms with E-state index in [1.807, 2.05) is 0 Å². The lowest BCUT2D eigenvalue weighted by atomic mass is 9.50. The predicted molar refractivity (Wildman–Crippen MR) is 99.3 cm³/mol. The molecule has 5 rings (SSSR count). The van der Waals surface area contributed by atoms with Gasteiger partial charge in [0.1, 0.15) is 11.4 Å². The number of aromatic hydroxyl groups is 1. The molecule has 0 spiro atoms. The van der Waals surface area contributed by atoms with E-state index in [4.69, 9.17) is 9.47 Å². The topological polar surface area (TPSA) is 55.8 Å². The summed E-state index contributed by atoms with van der Waals surface area (Å²) in [5.74, 6) is 0.780. The summed E-state index contributed by atoms with van der Waals surface area (Å²) in [4.78, 5) is 12.1. The average molecular weight is 376 g/mol. The van der Waals surface area contributed by atoms with Gasteiger partial charge in [-0.3, -0.25) is 0 Å². The van der Waals surface area contributed by atoms with Crippen molar-refractivity contribution in [3.8, 4) is 11.5 Å². The van der Waals surface area contributed by atoms with Crippen LogP contribution >= 0.6 is 0 Å². The van der Waals surface area contributed by atoms with Crippen molar-refractivity contribution in [3.63, 3.8) is 0 Å². The molecule has 0 aromatic heterocycles. The van der Waals surface area contributed by atoms with Gasteiger partial charge in [0.25, 0.3) is 0 Å². The van der Waals surface area contributed by atoms with E-state index in [0.29, 0.717) is 6.61 Å². The van der Waals surface area contributed by atoms with Crippen LogP contribution in [0, 0.1) is 29.0 Å². The second kappa shape index (κ2) is 6.39. The highest BCUT2D eigenvalue weighted by Crippen LogP contribution is 2.60. The number of hydrogen-bond donors (Lipinski definition) is 1. The third kappa shape index (κ3) is 3.78. The maximum atomic E-state index is 14.4. The molecule has 1 aromatic rings. The number of hydrogen-bond acceptors (Lipinski definition) is 4. The summed E-state index contributed by atoms with van der Waals surface area (Å²) in [7, 11) is 0. The van der Waals surface area contributed by atoms with Gasteiger partial charge in [0.05, 0.1) is 12.2 Å². The van der Waals surface area contributed by atoms with E-state index >= 15 is 0 Å². The highest BCUT2D eigenvalue weighted by atomic mass is 19.1. The fourth-order valence-corrected chi connectivity index (χ4v) is 5.85. The number of halogens is 1. The highest BCUT2D eigenvalue weighted by molar-refractivity contribution is 5.90. The van der Waals surface area contributed by atoms with Gasteiger partial charge >= 0.3 is 5.97 Å². The van der Waals surface area contributed by atoms with Gasteiger partial charge in [0.2, 0.25) is 0 Å². The molecule has 0 unspecified atom stereocenters. The van der Waals surface area contributed by atoms with Crippen LogP contribution in [-0.2, 0) is 4.74 Å². The Balaban J connectivity index is 1.47. The first-order chi connectivity index (χ1) is 12.6. The number of carbonyl (C=O) groups excluding carboxylic acids is 1. The number of phenolic OH excluding ortho intramolecular Hbond substituents is 1. The first-order valence-electron chi connectivity index (χ1n) is 10.0. The van der Waals surface area contributed by atoms with Crippen LogP contribution in [0.5, 0.6) is 11.5 Å². The van der Waals surface area contributed by atoms with Gasteiger partial charge in [0.15, 0.2) is 11.5 Å². The molecule has 4 fully saturated rings. The van der Waals surface area contributed by atoms with Gasteiger partial charge < -0.3 is 14.6 Å².